The third kappa shape index (κ3) is 3.51. The summed E-state index contributed by atoms with van der Waals surface area (Å²) in [5.74, 6) is 0. The highest BCUT2D eigenvalue weighted by Crippen LogP contribution is 2.45. The average molecular weight is 306 g/mol. The molecule has 0 nitrogen and oxygen atoms in total. The summed E-state index contributed by atoms with van der Waals surface area (Å²) in [5, 5.41) is 2.96. The smallest absolute Gasteiger partial charge is 0.0116 e. The van der Waals surface area contributed by atoms with Crippen LogP contribution in [0.1, 0.15) is 13.3 Å². The van der Waals surface area contributed by atoms with Crippen molar-refractivity contribution in [3.05, 3.63) is 60.7 Å². The summed E-state index contributed by atoms with van der Waals surface area (Å²) < 4.78 is 0. The summed E-state index contributed by atoms with van der Waals surface area (Å²) in [6.45, 7) is 2.17. The summed E-state index contributed by atoms with van der Waals surface area (Å²) >= 11 is 10.8. The van der Waals surface area contributed by atoms with E-state index in [0.29, 0.717) is 5.25 Å². The summed E-state index contributed by atoms with van der Waals surface area (Å²) in [5.41, 5.74) is 0. The van der Waals surface area contributed by atoms with Crippen LogP contribution in [0.3, 0.4) is 0 Å². The van der Waals surface area contributed by atoms with E-state index in [1.807, 2.05) is 12.1 Å². The molecular weight excluding hydrogens is 287 g/mol. The van der Waals surface area contributed by atoms with Crippen LogP contribution in [-0.2, 0) is 11.8 Å². The molecule has 0 aliphatic carbocycles. The molecule has 0 spiro atoms. The number of hydrogen-bond acceptors (Lipinski definition) is 2. The van der Waals surface area contributed by atoms with Gasteiger partial charge < -0.3 is 0 Å². The molecule has 0 fully saturated rings. The third-order valence-electron chi connectivity index (χ3n) is 3.29. The second kappa shape index (κ2) is 6.74. The van der Waals surface area contributed by atoms with Crippen LogP contribution in [0.25, 0.3) is 0 Å². The minimum atomic E-state index is -1.74. The van der Waals surface area contributed by atoms with Crippen LogP contribution < -0.4 is 10.6 Å². The van der Waals surface area contributed by atoms with Gasteiger partial charge in [-0.2, -0.15) is 12.6 Å². The highest BCUT2D eigenvalue weighted by atomic mass is 32.4. The van der Waals surface area contributed by atoms with E-state index in [2.05, 4.69) is 68.1 Å². The molecule has 1 atom stereocenters. The molecule has 19 heavy (non-hydrogen) atoms. The van der Waals surface area contributed by atoms with Gasteiger partial charge in [0.1, 0.15) is 0 Å². The van der Waals surface area contributed by atoms with Crippen molar-refractivity contribution in [2.45, 2.75) is 18.6 Å². The van der Waals surface area contributed by atoms with Crippen molar-refractivity contribution in [2.24, 2.45) is 0 Å². The predicted octanol–water partition coefficient (Wildman–Crippen LogP) is 3.83. The van der Waals surface area contributed by atoms with E-state index in [4.69, 9.17) is 11.8 Å². The maximum atomic E-state index is 6.14. The van der Waals surface area contributed by atoms with Crippen LogP contribution >= 0.6 is 18.7 Å². The monoisotopic (exact) mass is 306 g/mol. The lowest BCUT2D eigenvalue weighted by Crippen LogP contribution is -2.22. The number of thiol groups is 1. The molecule has 100 valence electrons. The number of rotatable bonds is 5. The first-order chi connectivity index (χ1) is 9.16. The van der Waals surface area contributed by atoms with Crippen LogP contribution in [0.2, 0.25) is 0 Å². The Hall–Kier alpha value is -0.560. The van der Waals surface area contributed by atoms with Crippen molar-refractivity contribution >= 4 is 41.1 Å². The zero-order chi connectivity index (χ0) is 13.7. The number of benzene rings is 2. The number of hydrogen-bond donors (Lipinski definition) is 1. The van der Waals surface area contributed by atoms with E-state index in [1.54, 1.807) is 0 Å². The van der Waals surface area contributed by atoms with Gasteiger partial charge >= 0.3 is 0 Å². The molecule has 0 saturated carbocycles. The van der Waals surface area contributed by atoms with Crippen molar-refractivity contribution < 1.29 is 0 Å². The molecule has 1 unspecified atom stereocenters. The lowest BCUT2D eigenvalue weighted by atomic mass is 10.4. The Morgan fingerprint density at radius 3 is 1.74 bits per heavy atom. The standard InChI is InChI=1S/C16H19PS2/c1-2-16(18)13-17(19,14-9-5-3-6-10-14)15-11-7-4-8-12-15/h3-12,16,18H,2,13H2,1H3. The maximum Gasteiger partial charge on any atom is 0.0116 e. The molecule has 0 aliphatic heterocycles. The van der Waals surface area contributed by atoms with E-state index in [9.17, 15) is 0 Å². The fraction of sp³-hybridized carbons (Fsp3) is 0.250. The Kier molecular flexibility index (Phi) is 5.27. The summed E-state index contributed by atoms with van der Waals surface area (Å²) in [6, 6.07) is 19.4. The van der Waals surface area contributed by atoms with Gasteiger partial charge in [-0.3, -0.25) is 0 Å². The maximum absolute atomic E-state index is 6.14. The summed E-state index contributed by atoms with van der Waals surface area (Å²) in [4.78, 5) is 0. The van der Waals surface area contributed by atoms with Crippen LogP contribution in [0, 0.1) is 0 Å². The van der Waals surface area contributed by atoms with E-state index in [1.165, 1.54) is 10.6 Å². The van der Waals surface area contributed by atoms with Gasteiger partial charge in [-0.25, -0.2) is 0 Å². The van der Waals surface area contributed by atoms with Gasteiger partial charge in [-0.1, -0.05) is 79.4 Å². The van der Waals surface area contributed by atoms with E-state index in [-0.39, 0.29) is 0 Å². The highest BCUT2D eigenvalue weighted by molar-refractivity contribution is 8.22. The van der Waals surface area contributed by atoms with Crippen molar-refractivity contribution in [3.63, 3.8) is 0 Å². The Labute approximate surface area is 126 Å². The van der Waals surface area contributed by atoms with Crippen molar-refractivity contribution in [1.29, 1.82) is 0 Å². The molecule has 2 rings (SSSR count). The van der Waals surface area contributed by atoms with Gasteiger partial charge in [-0.05, 0) is 23.2 Å². The van der Waals surface area contributed by atoms with Gasteiger partial charge in [0.2, 0.25) is 0 Å². The first-order valence-electron chi connectivity index (χ1n) is 6.55. The zero-order valence-electron chi connectivity index (χ0n) is 11.1. The quantitative estimate of drug-likeness (QED) is 0.647. The van der Waals surface area contributed by atoms with Gasteiger partial charge in [0.25, 0.3) is 0 Å². The first kappa shape index (κ1) is 14.8. The second-order valence-electron chi connectivity index (χ2n) is 4.66. The minimum absolute atomic E-state index is 0.367. The minimum Gasteiger partial charge on any atom is -0.176 e. The molecular formula is C16H19PS2. The molecule has 0 aliphatic rings. The molecule has 0 radical (unpaired) electrons. The lowest BCUT2D eigenvalue weighted by Gasteiger charge is -2.25. The average Bonchev–Trinajstić information content (AvgIpc) is 2.48. The summed E-state index contributed by atoms with van der Waals surface area (Å²) in [7, 11) is 0. The normalized spacial score (nSPS) is 13.2. The Balaban J connectivity index is 2.48. The van der Waals surface area contributed by atoms with E-state index >= 15 is 0 Å². The Bertz CT molecular complexity index is 508. The fourth-order valence-corrected chi connectivity index (χ4v) is 7.34. The molecule has 2 aromatic carbocycles. The predicted molar refractivity (Wildman–Crippen MR) is 94.4 cm³/mol. The molecule has 0 bridgehead atoms. The van der Waals surface area contributed by atoms with E-state index < -0.39 is 6.04 Å². The van der Waals surface area contributed by atoms with Crippen LogP contribution in [0.15, 0.2) is 60.7 Å². The third-order valence-corrected chi connectivity index (χ3v) is 9.05. The van der Waals surface area contributed by atoms with Crippen molar-refractivity contribution in [3.8, 4) is 0 Å². The molecule has 0 amide bonds. The zero-order valence-corrected chi connectivity index (χ0v) is 13.7. The van der Waals surface area contributed by atoms with Crippen LogP contribution in [0.4, 0.5) is 0 Å². The molecule has 0 N–H and O–H groups in total. The SMILES string of the molecule is CCC(S)CP(=S)(c1ccccc1)c1ccccc1. The lowest BCUT2D eigenvalue weighted by molar-refractivity contribution is 0.920. The highest BCUT2D eigenvalue weighted by Gasteiger charge is 2.24. The summed E-state index contributed by atoms with van der Waals surface area (Å²) in [6.07, 6.45) is 2.04. The largest absolute Gasteiger partial charge is 0.176 e. The van der Waals surface area contributed by atoms with Crippen LogP contribution in [-0.4, -0.2) is 11.4 Å². The van der Waals surface area contributed by atoms with Gasteiger partial charge in [0, 0.05) is 11.3 Å². The molecule has 2 aromatic rings. The van der Waals surface area contributed by atoms with Crippen LogP contribution in [0.5, 0.6) is 0 Å². The molecule has 0 aromatic heterocycles. The second-order valence-corrected chi connectivity index (χ2v) is 10.1. The van der Waals surface area contributed by atoms with E-state index in [0.717, 1.165) is 12.6 Å². The van der Waals surface area contributed by atoms with Gasteiger partial charge in [0.15, 0.2) is 0 Å². The topological polar surface area (TPSA) is 0 Å². The fourth-order valence-electron chi connectivity index (χ4n) is 2.12. The molecule has 3 heteroatoms. The van der Waals surface area contributed by atoms with Gasteiger partial charge in [0.05, 0.1) is 0 Å². The van der Waals surface area contributed by atoms with Gasteiger partial charge in [-0.15, -0.1) is 0 Å². The molecule has 0 heterocycles. The first-order valence-corrected chi connectivity index (χ1v) is 10.1. The Morgan fingerprint density at radius 1 is 0.947 bits per heavy atom. The van der Waals surface area contributed by atoms with Crippen molar-refractivity contribution in [2.75, 3.05) is 6.16 Å². The Morgan fingerprint density at radius 2 is 1.37 bits per heavy atom. The van der Waals surface area contributed by atoms with Crippen molar-refractivity contribution in [1.82, 2.24) is 0 Å². The molecule has 0 saturated heterocycles.